The van der Waals surface area contributed by atoms with Gasteiger partial charge in [0, 0.05) is 17.4 Å². The van der Waals surface area contributed by atoms with Gasteiger partial charge in [-0.25, -0.2) is 9.18 Å². The molecule has 0 saturated carbocycles. The molecular formula is C15H16FNO3. The van der Waals surface area contributed by atoms with Gasteiger partial charge < -0.3 is 9.30 Å². The molecule has 0 unspecified atom stereocenters. The monoisotopic (exact) mass is 277 g/mol. The molecule has 2 rings (SSSR count). The van der Waals surface area contributed by atoms with Gasteiger partial charge in [-0.2, -0.15) is 0 Å². The first-order valence-corrected chi connectivity index (χ1v) is 6.51. The van der Waals surface area contributed by atoms with Crippen LogP contribution in [0.4, 0.5) is 4.39 Å². The van der Waals surface area contributed by atoms with E-state index >= 15 is 0 Å². The van der Waals surface area contributed by atoms with Crippen LogP contribution in [0.2, 0.25) is 0 Å². The predicted octanol–water partition coefficient (Wildman–Crippen LogP) is 2.85. The Morgan fingerprint density at radius 1 is 1.30 bits per heavy atom. The molecule has 0 N–H and O–H groups in total. The quantitative estimate of drug-likeness (QED) is 0.490. The van der Waals surface area contributed by atoms with E-state index in [-0.39, 0.29) is 18.1 Å². The Hall–Kier alpha value is -2.17. The largest absolute Gasteiger partial charge is 0.460 e. The fourth-order valence-electron chi connectivity index (χ4n) is 2.41. The van der Waals surface area contributed by atoms with E-state index in [9.17, 15) is 14.0 Å². The first kappa shape index (κ1) is 14.2. The van der Waals surface area contributed by atoms with Crippen LogP contribution in [-0.2, 0) is 16.1 Å². The Morgan fingerprint density at radius 2 is 2.00 bits per heavy atom. The Balaban J connectivity index is 2.66. The number of Topliss-reactive ketones (excluding diaryl/α,β-unsaturated/α-hetero) is 1. The van der Waals surface area contributed by atoms with Crippen molar-refractivity contribution >= 4 is 22.7 Å². The summed E-state index contributed by atoms with van der Waals surface area (Å²) in [5.41, 5.74) is 1.60. The van der Waals surface area contributed by atoms with Gasteiger partial charge in [0.05, 0.1) is 6.61 Å². The molecule has 0 amide bonds. The molecule has 0 saturated heterocycles. The fourth-order valence-corrected chi connectivity index (χ4v) is 2.41. The zero-order valence-electron chi connectivity index (χ0n) is 11.7. The van der Waals surface area contributed by atoms with Crippen molar-refractivity contribution in [3.63, 3.8) is 0 Å². The summed E-state index contributed by atoms with van der Waals surface area (Å²) in [7, 11) is 0. The van der Waals surface area contributed by atoms with Crippen LogP contribution in [0.1, 0.15) is 29.9 Å². The van der Waals surface area contributed by atoms with E-state index in [0.717, 1.165) is 5.52 Å². The number of hydrogen-bond acceptors (Lipinski definition) is 3. The number of carbonyl (C=O) groups is 2. The molecule has 1 aromatic heterocycles. The van der Waals surface area contributed by atoms with Crippen LogP contribution in [0.25, 0.3) is 10.9 Å². The van der Waals surface area contributed by atoms with Gasteiger partial charge in [0.2, 0.25) is 0 Å². The van der Waals surface area contributed by atoms with Crippen LogP contribution in [0.5, 0.6) is 0 Å². The highest BCUT2D eigenvalue weighted by atomic mass is 19.1. The second kappa shape index (κ2) is 5.45. The van der Waals surface area contributed by atoms with Gasteiger partial charge >= 0.3 is 5.97 Å². The van der Waals surface area contributed by atoms with Crippen LogP contribution in [0.3, 0.4) is 0 Å². The molecule has 0 fully saturated rings. The fraction of sp³-hybridized carbons (Fsp3) is 0.333. The minimum atomic E-state index is -0.881. The summed E-state index contributed by atoms with van der Waals surface area (Å²) in [6, 6.07) is 4.33. The van der Waals surface area contributed by atoms with Gasteiger partial charge in [-0.3, -0.25) is 4.79 Å². The minimum absolute atomic E-state index is 0.143. The average molecular weight is 277 g/mol. The van der Waals surface area contributed by atoms with Gasteiger partial charge in [-0.15, -0.1) is 0 Å². The number of carbonyl (C=O) groups excluding carboxylic acids is 2. The summed E-state index contributed by atoms with van der Waals surface area (Å²) in [4.78, 5) is 23.8. The smallest absolute Gasteiger partial charge is 0.381 e. The standard InChI is InChI=1S/C15H16FNO3/c1-4-17-12-7-6-10(16)8-11(12)9(3)13(17)14(18)15(19)20-5-2/h6-8H,4-5H2,1-3H3. The summed E-state index contributed by atoms with van der Waals surface area (Å²) in [5, 5.41) is 0.638. The Kier molecular flexibility index (Phi) is 3.88. The van der Waals surface area contributed by atoms with E-state index < -0.39 is 11.8 Å². The van der Waals surface area contributed by atoms with Gasteiger partial charge in [0.15, 0.2) is 0 Å². The lowest BCUT2D eigenvalue weighted by Crippen LogP contribution is -2.21. The number of fused-ring (bicyclic) bond motifs is 1. The number of ether oxygens (including phenoxy) is 1. The zero-order chi connectivity index (χ0) is 14.9. The first-order chi connectivity index (χ1) is 9.51. The Bertz CT molecular complexity index is 688. The maximum atomic E-state index is 13.4. The molecular weight excluding hydrogens is 261 g/mol. The molecule has 20 heavy (non-hydrogen) atoms. The lowest BCUT2D eigenvalue weighted by molar-refractivity contribution is -0.137. The number of aromatic nitrogens is 1. The summed E-state index contributed by atoms with van der Waals surface area (Å²) in [5.74, 6) is -1.94. The number of hydrogen-bond donors (Lipinski definition) is 0. The molecule has 1 aromatic carbocycles. The molecule has 0 aliphatic rings. The van der Waals surface area contributed by atoms with Crippen molar-refractivity contribution in [1.82, 2.24) is 4.57 Å². The van der Waals surface area contributed by atoms with E-state index in [1.807, 2.05) is 6.92 Å². The van der Waals surface area contributed by atoms with Crippen LogP contribution >= 0.6 is 0 Å². The van der Waals surface area contributed by atoms with E-state index in [2.05, 4.69) is 0 Å². The highest BCUT2D eigenvalue weighted by molar-refractivity contribution is 6.41. The summed E-state index contributed by atoms with van der Waals surface area (Å²) >= 11 is 0. The van der Waals surface area contributed by atoms with Crippen molar-refractivity contribution in [3.8, 4) is 0 Å². The second-order valence-corrected chi connectivity index (χ2v) is 4.43. The minimum Gasteiger partial charge on any atom is -0.460 e. The lowest BCUT2D eigenvalue weighted by Gasteiger charge is -2.07. The Morgan fingerprint density at radius 3 is 2.60 bits per heavy atom. The summed E-state index contributed by atoms with van der Waals surface area (Å²) < 4.78 is 19.8. The van der Waals surface area contributed by atoms with Crippen molar-refractivity contribution < 1.29 is 18.7 Å². The van der Waals surface area contributed by atoms with Crippen LogP contribution in [-0.4, -0.2) is 22.9 Å². The number of halogens is 1. The summed E-state index contributed by atoms with van der Waals surface area (Å²) in [6.45, 7) is 5.87. The number of benzene rings is 1. The Labute approximate surface area is 116 Å². The molecule has 2 aromatic rings. The van der Waals surface area contributed by atoms with E-state index in [0.29, 0.717) is 17.5 Å². The SMILES string of the molecule is CCOC(=O)C(=O)c1c(C)c2cc(F)ccc2n1CC. The average Bonchev–Trinajstić information content (AvgIpc) is 2.70. The highest BCUT2D eigenvalue weighted by Gasteiger charge is 2.26. The van der Waals surface area contributed by atoms with Crippen LogP contribution < -0.4 is 0 Å². The van der Waals surface area contributed by atoms with Crippen LogP contribution in [0.15, 0.2) is 18.2 Å². The number of esters is 1. The number of rotatable bonds is 4. The molecule has 0 radical (unpaired) electrons. The number of ketones is 1. The third-order valence-corrected chi connectivity index (χ3v) is 3.27. The molecule has 0 aliphatic heterocycles. The van der Waals surface area contributed by atoms with Crippen molar-refractivity contribution in [3.05, 3.63) is 35.3 Å². The van der Waals surface area contributed by atoms with Crippen molar-refractivity contribution in [2.45, 2.75) is 27.3 Å². The highest BCUT2D eigenvalue weighted by Crippen LogP contribution is 2.27. The second-order valence-electron chi connectivity index (χ2n) is 4.43. The van der Waals surface area contributed by atoms with E-state index in [1.165, 1.54) is 12.1 Å². The van der Waals surface area contributed by atoms with E-state index in [1.54, 1.807) is 24.5 Å². The van der Waals surface area contributed by atoms with Crippen molar-refractivity contribution in [1.29, 1.82) is 0 Å². The maximum Gasteiger partial charge on any atom is 0.381 e. The molecule has 106 valence electrons. The molecule has 0 atom stereocenters. The topological polar surface area (TPSA) is 48.3 Å². The van der Waals surface area contributed by atoms with Crippen LogP contribution in [0, 0.1) is 12.7 Å². The van der Waals surface area contributed by atoms with Gasteiger partial charge in [-0.05, 0) is 44.5 Å². The van der Waals surface area contributed by atoms with Crippen molar-refractivity contribution in [2.24, 2.45) is 0 Å². The number of nitrogens with zero attached hydrogens (tertiary/aromatic N) is 1. The van der Waals surface area contributed by atoms with E-state index in [4.69, 9.17) is 4.74 Å². The number of aryl methyl sites for hydroxylation is 2. The zero-order valence-corrected chi connectivity index (χ0v) is 11.7. The maximum absolute atomic E-state index is 13.4. The molecule has 0 spiro atoms. The van der Waals surface area contributed by atoms with Gasteiger partial charge in [0.25, 0.3) is 5.78 Å². The normalized spacial score (nSPS) is 10.8. The predicted molar refractivity (Wildman–Crippen MR) is 73.3 cm³/mol. The first-order valence-electron chi connectivity index (χ1n) is 6.51. The molecule has 4 nitrogen and oxygen atoms in total. The third kappa shape index (κ3) is 2.19. The lowest BCUT2D eigenvalue weighted by atomic mass is 10.1. The molecule has 1 heterocycles. The van der Waals surface area contributed by atoms with Crippen molar-refractivity contribution in [2.75, 3.05) is 6.61 Å². The third-order valence-electron chi connectivity index (χ3n) is 3.27. The molecule has 0 aliphatic carbocycles. The molecule has 0 bridgehead atoms. The van der Waals surface area contributed by atoms with Gasteiger partial charge in [-0.1, -0.05) is 0 Å². The summed E-state index contributed by atoms with van der Waals surface area (Å²) in [6.07, 6.45) is 0. The van der Waals surface area contributed by atoms with Gasteiger partial charge in [0.1, 0.15) is 11.5 Å². The molecule has 5 heteroatoms.